The molecule has 4 heteroatoms. The topological polar surface area (TPSA) is 39.2 Å². The van der Waals surface area contributed by atoms with Gasteiger partial charge in [-0.1, -0.05) is 6.92 Å². The number of hydrogen-bond donors (Lipinski definition) is 0. The molecule has 0 radical (unpaired) electrons. The summed E-state index contributed by atoms with van der Waals surface area (Å²) in [7, 11) is 1.65. The van der Waals surface area contributed by atoms with Crippen LogP contribution >= 0.6 is 11.3 Å². The molecule has 1 heterocycles. The lowest BCUT2D eigenvalue weighted by molar-refractivity contribution is 0.0993. The van der Waals surface area contributed by atoms with Gasteiger partial charge in [-0.25, -0.2) is 4.98 Å². The van der Waals surface area contributed by atoms with Crippen LogP contribution in [-0.2, 0) is 4.74 Å². The lowest BCUT2D eigenvalue weighted by Gasteiger charge is -2.07. The molecule has 0 aromatic carbocycles. The van der Waals surface area contributed by atoms with E-state index in [9.17, 15) is 4.79 Å². The maximum absolute atomic E-state index is 10.3. The van der Waals surface area contributed by atoms with E-state index in [-0.39, 0.29) is 6.10 Å². The van der Waals surface area contributed by atoms with Crippen molar-refractivity contribution in [1.82, 2.24) is 4.98 Å². The van der Waals surface area contributed by atoms with Crippen molar-refractivity contribution in [2.75, 3.05) is 7.11 Å². The zero-order chi connectivity index (χ0) is 8.97. The molecule has 1 aromatic rings. The molecule has 12 heavy (non-hydrogen) atoms. The van der Waals surface area contributed by atoms with E-state index < -0.39 is 0 Å². The minimum Gasteiger partial charge on any atom is -0.374 e. The van der Waals surface area contributed by atoms with Crippen molar-refractivity contribution in [3.05, 3.63) is 16.1 Å². The Labute approximate surface area is 75.4 Å². The van der Waals surface area contributed by atoms with Crippen LogP contribution in [0.5, 0.6) is 0 Å². The average Bonchev–Trinajstić information content (AvgIpc) is 2.55. The van der Waals surface area contributed by atoms with Gasteiger partial charge in [0, 0.05) is 12.5 Å². The van der Waals surface area contributed by atoms with Crippen LogP contribution in [0.2, 0.25) is 0 Å². The minimum absolute atomic E-state index is 0.0312. The number of rotatable bonds is 4. The molecule has 0 fully saturated rings. The van der Waals surface area contributed by atoms with E-state index in [1.807, 2.05) is 6.92 Å². The van der Waals surface area contributed by atoms with Crippen LogP contribution in [0.4, 0.5) is 0 Å². The number of methoxy groups -OCH3 is 1. The quantitative estimate of drug-likeness (QED) is 0.674. The summed E-state index contributed by atoms with van der Waals surface area (Å²) in [6.07, 6.45) is 1.66. The van der Waals surface area contributed by atoms with Gasteiger partial charge in [0.2, 0.25) is 0 Å². The second-order valence-electron chi connectivity index (χ2n) is 2.36. The summed E-state index contributed by atoms with van der Waals surface area (Å²) in [6, 6.07) is 0. The van der Waals surface area contributed by atoms with Crippen LogP contribution in [0.3, 0.4) is 0 Å². The molecule has 0 N–H and O–H groups in total. The Kier molecular flexibility index (Phi) is 3.37. The number of carbonyl (C=O) groups is 1. The van der Waals surface area contributed by atoms with Gasteiger partial charge in [0.05, 0.1) is 0 Å². The average molecular weight is 185 g/mol. The molecule has 0 spiro atoms. The fraction of sp³-hybridized carbons (Fsp3) is 0.500. The maximum atomic E-state index is 10.3. The zero-order valence-corrected chi connectivity index (χ0v) is 7.93. The van der Waals surface area contributed by atoms with Gasteiger partial charge in [-0.15, -0.1) is 11.3 Å². The Bertz CT molecular complexity index is 255. The molecule has 0 saturated carbocycles. The molecule has 0 aliphatic rings. The van der Waals surface area contributed by atoms with E-state index in [4.69, 9.17) is 4.74 Å². The molecule has 0 aliphatic heterocycles. The Morgan fingerprint density at radius 3 is 3.00 bits per heavy atom. The van der Waals surface area contributed by atoms with Crippen LogP contribution in [0.15, 0.2) is 5.38 Å². The number of aldehydes is 1. The molecular formula is C8H11NO2S. The molecule has 3 nitrogen and oxygen atoms in total. The van der Waals surface area contributed by atoms with Crippen molar-refractivity contribution in [3.63, 3.8) is 0 Å². The standard InChI is InChI=1S/C8H11NO2S/c1-3-7(11-2)8-9-6(4-10)5-12-8/h4-5,7H,3H2,1-2H3. The molecule has 0 aliphatic carbocycles. The third-order valence-corrected chi connectivity index (χ3v) is 2.55. The maximum Gasteiger partial charge on any atom is 0.169 e. The van der Waals surface area contributed by atoms with Crippen molar-refractivity contribution in [3.8, 4) is 0 Å². The smallest absolute Gasteiger partial charge is 0.169 e. The van der Waals surface area contributed by atoms with Gasteiger partial charge in [-0.3, -0.25) is 4.79 Å². The van der Waals surface area contributed by atoms with Crippen LogP contribution in [-0.4, -0.2) is 18.4 Å². The molecule has 1 rings (SSSR count). The van der Waals surface area contributed by atoms with Crippen LogP contribution in [0, 0.1) is 0 Å². The number of thiazole rings is 1. The number of ether oxygens (including phenoxy) is 1. The van der Waals surface area contributed by atoms with Gasteiger partial charge in [0.15, 0.2) is 6.29 Å². The molecule has 0 saturated heterocycles. The summed E-state index contributed by atoms with van der Waals surface area (Å²) in [5, 5.41) is 2.62. The largest absolute Gasteiger partial charge is 0.374 e. The lowest BCUT2D eigenvalue weighted by atomic mass is 10.3. The highest BCUT2D eigenvalue weighted by Crippen LogP contribution is 2.22. The summed E-state index contributed by atoms with van der Waals surface area (Å²) in [5.74, 6) is 0. The third-order valence-electron chi connectivity index (χ3n) is 1.59. The van der Waals surface area contributed by atoms with Gasteiger partial charge in [-0.2, -0.15) is 0 Å². The van der Waals surface area contributed by atoms with Gasteiger partial charge in [0.1, 0.15) is 16.8 Å². The van der Waals surface area contributed by atoms with Crippen molar-refractivity contribution >= 4 is 17.6 Å². The summed E-state index contributed by atoms with van der Waals surface area (Å²) in [4.78, 5) is 14.4. The Hall–Kier alpha value is -0.740. The number of carbonyl (C=O) groups excluding carboxylic acids is 1. The van der Waals surface area contributed by atoms with Crippen LogP contribution in [0.25, 0.3) is 0 Å². The lowest BCUT2D eigenvalue weighted by Crippen LogP contribution is -1.98. The Balaban J connectivity index is 2.79. The van der Waals surface area contributed by atoms with Crippen molar-refractivity contribution < 1.29 is 9.53 Å². The first kappa shape index (κ1) is 9.35. The first-order chi connectivity index (χ1) is 5.81. The monoisotopic (exact) mass is 185 g/mol. The van der Waals surface area contributed by atoms with Gasteiger partial charge in [-0.05, 0) is 6.42 Å². The first-order valence-electron chi connectivity index (χ1n) is 3.75. The molecule has 0 amide bonds. The number of nitrogens with zero attached hydrogens (tertiary/aromatic N) is 1. The summed E-state index contributed by atoms with van der Waals surface area (Å²) in [5.41, 5.74) is 0.491. The molecule has 66 valence electrons. The van der Waals surface area contributed by atoms with Crippen molar-refractivity contribution in [2.45, 2.75) is 19.4 Å². The number of aromatic nitrogens is 1. The van der Waals surface area contributed by atoms with E-state index in [0.717, 1.165) is 17.7 Å². The second-order valence-corrected chi connectivity index (χ2v) is 3.25. The fourth-order valence-corrected chi connectivity index (χ4v) is 1.87. The molecule has 1 atom stereocenters. The van der Waals surface area contributed by atoms with Crippen LogP contribution < -0.4 is 0 Å². The van der Waals surface area contributed by atoms with Crippen LogP contribution in [0.1, 0.15) is 34.9 Å². The SMILES string of the molecule is CCC(OC)c1nc(C=O)cs1. The summed E-state index contributed by atoms with van der Waals surface area (Å²) < 4.78 is 5.18. The third kappa shape index (κ3) is 1.89. The summed E-state index contributed by atoms with van der Waals surface area (Å²) in [6.45, 7) is 2.02. The highest BCUT2D eigenvalue weighted by Gasteiger charge is 2.11. The van der Waals surface area contributed by atoms with E-state index in [2.05, 4.69) is 4.98 Å². The van der Waals surface area contributed by atoms with Gasteiger partial charge < -0.3 is 4.74 Å². The highest BCUT2D eigenvalue weighted by atomic mass is 32.1. The van der Waals surface area contributed by atoms with Crippen molar-refractivity contribution in [2.24, 2.45) is 0 Å². The van der Waals surface area contributed by atoms with E-state index in [0.29, 0.717) is 5.69 Å². The van der Waals surface area contributed by atoms with Gasteiger partial charge >= 0.3 is 0 Å². The zero-order valence-electron chi connectivity index (χ0n) is 7.11. The summed E-state index contributed by atoms with van der Waals surface area (Å²) >= 11 is 1.46. The fourth-order valence-electron chi connectivity index (χ4n) is 0.945. The van der Waals surface area contributed by atoms with Gasteiger partial charge in [0.25, 0.3) is 0 Å². The molecule has 1 aromatic heterocycles. The second kappa shape index (κ2) is 4.33. The minimum atomic E-state index is 0.0312. The normalized spacial score (nSPS) is 12.8. The predicted molar refractivity (Wildman–Crippen MR) is 47.5 cm³/mol. The highest BCUT2D eigenvalue weighted by molar-refractivity contribution is 7.09. The molecular weight excluding hydrogens is 174 g/mol. The van der Waals surface area contributed by atoms with E-state index in [1.54, 1.807) is 12.5 Å². The predicted octanol–water partition coefficient (Wildman–Crippen LogP) is 2.05. The Morgan fingerprint density at radius 1 is 1.83 bits per heavy atom. The Morgan fingerprint density at radius 2 is 2.58 bits per heavy atom. The first-order valence-corrected chi connectivity index (χ1v) is 4.63. The van der Waals surface area contributed by atoms with E-state index in [1.165, 1.54) is 11.3 Å². The molecule has 0 bridgehead atoms. The van der Waals surface area contributed by atoms with Crippen molar-refractivity contribution in [1.29, 1.82) is 0 Å². The molecule has 1 unspecified atom stereocenters. The number of hydrogen-bond acceptors (Lipinski definition) is 4. The van der Waals surface area contributed by atoms with E-state index >= 15 is 0 Å².